The van der Waals surface area contributed by atoms with E-state index in [1.807, 2.05) is 0 Å². The number of carbonyl (C=O) groups is 1. The summed E-state index contributed by atoms with van der Waals surface area (Å²) in [5.74, 6) is -0.893. The molecule has 2 atom stereocenters. The van der Waals surface area contributed by atoms with E-state index in [0.29, 0.717) is 24.2 Å². The number of carboxylic acid groups (broad SMARTS) is 1. The second-order valence-corrected chi connectivity index (χ2v) is 5.23. The van der Waals surface area contributed by atoms with Crippen LogP contribution in [0.25, 0.3) is 0 Å². The van der Waals surface area contributed by atoms with Gasteiger partial charge in [0.15, 0.2) is 0 Å². The lowest BCUT2D eigenvalue weighted by Gasteiger charge is -2.39. The van der Waals surface area contributed by atoms with Gasteiger partial charge >= 0.3 is 5.97 Å². The molecule has 100 valence electrons. The van der Waals surface area contributed by atoms with Gasteiger partial charge < -0.3 is 5.11 Å². The molecule has 0 aliphatic carbocycles. The third-order valence-electron chi connectivity index (χ3n) is 4.00. The fourth-order valence-electron chi connectivity index (χ4n) is 2.79. The first-order valence-corrected chi connectivity index (χ1v) is 6.50. The zero-order chi connectivity index (χ0) is 13.3. The van der Waals surface area contributed by atoms with Gasteiger partial charge in [-0.25, -0.2) is 4.79 Å². The molecular formula is C13H21N3O2. The van der Waals surface area contributed by atoms with Gasteiger partial charge in [0.1, 0.15) is 5.56 Å². The average molecular weight is 251 g/mol. The Morgan fingerprint density at radius 1 is 1.44 bits per heavy atom. The van der Waals surface area contributed by atoms with Crippen molar-refractivity contribution in [1.82, 2.24) is 14.7 Å². The number of hydrogen-bond donors (Lipinski definition) is 1. The molecule has 1 aliphatic rings. The molecule has 18 heavy (non-hydrogen) atoms. The fraction of sp³-hybridized carbons (Fsp3) is 0.692. The second-order valence-electron chi connectivity index (χ2n) is 5.23. The highest BCUT2D eigenvalue weighted by Crippen LogP contribution is 2.25. The molecule has 2 rings (SSSR count). The van der Waals surface area contributed by atoms with Crippen LogP contribution in [0.2, 0.25) is 0 Å². The number of likely N-dealkylation sites (tertiary alicyclic amines) is 1. The van der Waals surface area contributed by atoms with Crippen LogP contribution in [-0.2, 0) is 13.6 Å². The highest BCUT2D eigenvalue weighted by Gasteiger charge is 2.27. The van der Waals surface area contributed by atoms with Crippen LogP contribution < -0.4 is 0 Å². The van der Waals surface area contributed by atoms with Gasteiger partial charge in [-0.05, 0) is 26.7 Å². The van der Waals surface area contributed by atoms with Crippen molar-refractivity contribution in [2.45, 2.75) is 51.7 Å². The molecule has 2 heterocycles. The first-order valence-electron chi connectivity index (χ1n) is 6.50. The molecule has 0 saturated carbocycles. The summed E-state index contributed by atoms with van der Waals surface area (Å²) in [6, 6.07) is 1.01. The van der Waals surface area contributed by atoms with Crippen LogP contribution in [0.3, 0.4) is 0 Å². The molecule has 1 saturated heterocycles. The summed E-state index contributed by atoms with van der Waals surface area (Å²) >= 11 is 0. The van der Waals surface area contributed by atoms with Gasteiger partial charge in [-0.3, -0.25) is 9.58 Å². The molecule has 0 unspecified atom stereocenters. The monoisotopic (exact) mass is 251 g/mol. The third-order valence-corrected chi connectivity index (χ3v) is 4.00. The largest absolute Gasteiger partial charge is 0.478 e. The molecule has 5 heteroatoms. The van der Waals surface area contributed by atoms with Gasteiger partial charge in [-0.1, -0.05) is 6.42 Å². The van der Waals surface area contributed by atoms with E-state index in [1.165, 1.54) is 25.5 Å². The van der Waals surface area contributed by atoms with Gasteiger partial charge in [0.2, 0.25) is 0 Å². The summed E-state index contributed by atoms with van der Waals surface area (Å²) in [6.07, 6.45) is 5.07. The molecule has 1 fully saturated rings. The topological polar surface area (TPSA) is 58.4 Å². The lowest BCUT2D eigenvalue weighted by atomic mass is 9.97. The summed E-state index contributed by atoms with van der Waals surface area (Å²) in [6.45, 7) is 5.10. The van der Waals surface area contributed by atoms with E-state index in [0.717, 1.165) is 5.69 Å². The summed E-state index contributed by atoms with van der Waals surface area (Å²) in [5, 5.41) is 13.2. The average Bonchev–Trinajstić information content (AvgIpc) is 2.66. The predicted octanol–water partition coefficient (Wildman–Crippen LogP) is 1.88. The molecule has 1 aromatic heterocycles. The van der Waals surface area contributed by atoms with E-state index in [4.69, 9.17) is 5.11 Å². The number of nitrogens with zero attached hydrogens (tertiary/aromatic N) is 3. The Morgan fingerprint density at radius 2 is 2.06 bits per heavy atom. The molecule has 0 spiro atoms. The molecule has 1 aromatic rings. The van der Waals surface area contributed by atoms with E-state index in [9.17, 15) is 4.79 Å². The minimum absolute atomic E-state index is 0.322. The highest BCUT2D eigenvalue weighted by molar-refractivity contribution is 5.88. The second kappa shape index (κ2) is 5.10. The van der Waals surface area contributed by atoms with Crippen LogP contribution in [0.5, 0.6) is 0 Å². The number of piperidine rings is 1. The number of hydrogen-bond acceptors (Lipinski definition) is 3. The first-order chi connectivity index (χ1) is 8.50. The van der Waals surface area contributed by atoms with Crippen molar-refractivity contribution in [3.05, 3.63) is 17.5 Å². The lowest BCUT2D eigenvalue weighted by Crippen LogP contribution is -2.43. The Kier molecular flexibility index (Phi) is 3.71. The van der Waals surface area contributed by atoms with E-state index in [2.05, 4.69) is 23.8 Å². The normalized spacial score (nSPS) is 25.3. The van der Waals surface area contributed by atoms with E-state index in [1.54, 1.807) is 11.7 Å². The lowest BCUT2D eigenvalue weighted by molar-refractivity contribution is 0.0683. The Balaban J connectivity index is 2.22. The SMILES string of the molecule is C[C@@H]1CCC[C@H](C)N1Cc1c(C(=O)O)cnn1C. The first kappa shape index (κ1) is 13.1. The van der Waals surface area contributed by atoms with Crippen molar-refractivity contribution >= 4 is 5.97 Å². The number of rotatable bonds is 3. The summed E-state index contributed by atoms with van der Waals surface area (Å²) < 4.78 is 1.68. The zero-order valence-corrected chi connectivity index (χ0v) is 11.3. The van der Waals surface area contributed by atoms with E-state index < -0.39 is 5.97 Å². The molecule has 1 aliphatic heterocycles. The van der Waals surface area contributed by atoms with E-state index in [-0.39, 0.29) is 0 Å². The maximum absolute atomic E-state index is 11.2. The van der Waals surface area contributed by atoms with Crippen molar-refractivity contribution in [3.63, 3.8) is 0 Å². The van der Waals surface area contributed by atoms with Gasteiger partial charge in [-0.15, -0.1) is 0 Å². The van der Waals surface area contributed by atoms with Crippen LogP contribution in [0.15, 0.2) is 6.20 Å². The van der Waals surface area contributed by atoms with Crippen LogP contribution in [0, 0.1) is 0 Å². The molecule has 0 bridgehead atoms. The molecule has 1 N–H and O–H groups in total. The van der Waals surface area contributed by atoms with Crippen LogP contribution >= 0.6 is 0 Å². The summed E-state index contributed by atoms with van der Waals surface area (Å²) in [4.78, 5) is 13.5. The molecule has 5 nitrogen and oxygen atoms in total. The quantitative estimate of drug-likeness (QED) is 0.891. The highest BCUT2D eigenvalue weighted by atomic mass is 16.4. The standard InChI is InChI=1S/C13H21N3O2/c1-9-5-4-6-10(2)16(9)8-12-11(13(17)18)7-14-15(12)3/h7,9-10H,4-6,8H2,1-3H3,(H,17,18)/t9-,10+. The summed E-state index contributed by atoms with van der Waals surface area (Å²) in [7, 11) is 1.81. The van der Waals surface area contributed by atoms with Crippen molar-refractivity contribution in [3.8, 4) is 0 Å². The maximum Gasteiger partial charge on any atom is 0.339 e. The van der Waals surface area contributed by atoms with Crippen LogP contribution in [0.1, 0.15) is 49.2 Å². The van der Waals surface area contributed by atoms with Gasteiger partial charge in [0.25, 0.3) is 0 Å². The van der Waals surface area contributed by atoms with E-state index >= 15 is 0 Å². The molecule has 0 radical (unpaired) electrons. The van der Waals surface area contributed by atoms with Gasteiger partial charge in [0, 0.05) is 25.7 Å². The van der Waals surface area contributed by atoms with Gasteiger partial charge in [-0.2, -0.15) is 5.10 Å². The Hall–Kier alpha value is -1.36. The predicted molar refractivity (Wildman–Crippen MR) is 68.5 cm³/mol. The minimum atomic E-state index is -0.893. The van der Waals surface area contributed by atoms with Crippen molar-refractivity contribution in [2.24, 2.45) is 7.05 Å². The minimum Gasteiger partial charge on any atom is -0.478 e. The zero-order valence-electron chi connectivity index (χ0n) is 11.3. The Morgan fingerprint density at radius 3 is 2.61 bits per heavy atom. The Labute approximate surface area is 107 Å². The van der Waals surface area contributed by atoms with Gasteiger partial charge in [0.05, 0.1) is 11.9 Å². The third kappa shape index (κ3) is 2.41. The van der Waals surface area contributed by atoms with Crippen molar-refractivity contribution < 1.29 is 9.90 Å². The van der Waals surface area contributed by atoms with Crippen molar-refractivity contribution in [1.29, 1.82) is 0 Å². The maximum atomic E-state index is 11.2. The van der Waals surface area contributed by atoms with Crippen LogP contribution in [0.4, 0.5) is 0 Å². The number of aromatic nitrogens is 2. The molecular weight excluding hydrogens is 230 g/mol. The number of aromatic carboxylic acids is 1. The molecule has 0 aromatic carbocycles. The van der Waals surface area contributed by atoms with Crippen LogP contribution in [-0.4, -0.2) is 37.8 Å². The fourth-order valence-corrected chi connectivity index (χ4v) is 2.79. The summed E-state index contributed by atoms with van der Waals surface area (Å²) in [5.41, 5.74) is 1.12. The number of aryl methyl sites for hydroxylation is 1. The number of carboxylic acids is 1. The van der Waals surface area contributed by atoms with Crippen molar-refractivity contribution in [2.75, 3.05) is 0 Å². The molecule has 0 amide bonds. The Bertz CT molecular complexity index is 431. The smallest absolute Gasteiger partial charge is 0.339 e.